The number of hydrogen-bond acceptors (Lipinski definition) is 4. The molecular formula is C18H30BO4P3. The molecular weight excluding hydrogens is 384 g/mol. The van der Waals surface area contributed by atoms with Gasteiger partial charge in [0.25, 0.3) is 0 Å². The van der Waals surface area contributed by atoms with Gasteiger partial charge in [-0.2, -0.15) is 0 Å². The van der Waals surface area contributed by atoms with Gasteiger partial charge in [0, 0.05) is 22.0 Å². The van der Waals surface area contributed by atoms with Gasteiger partial charge < -0.3 is 19.0 Å². The van der Waals surface area contributed by atoms with Gasteiger partial charge in [-0.1, -0.05) is 30.3 Å². The lowest BCUT2D eigenvalue weighted by Gasteiger charge is -2.27. The summed E-state index contributed by atoms with van der Waals surface area (Å²) in [5.74, 6) is 0.808. The zero-order valence-electron chi connectivity index (χ0n) is 15.1. The summed E-state index contributed by atoms with van der Waals surface area (Å²) >= 11 is 0. The standard InChI is InChI=1S/C18H30BO4P3/c20-18-10-15-14(17(22-19(24)25)11-16(15)21-18)9-8-13(23-26)7-6-12-4-2-1-3-5-12/h1-5,13-18,20H,6-11,24-26H2/t13-,14-,15-,16+,17-,18?/m1/s1. The highest BCUT2D eigenvalue weighted by Gasteiger charge is 2.49. The Labute approximate surface area is 164 Å². The molecule has 4 unspecified atom stereocenters. The molecule has 2 aliphatic rings. The normalized spacial score (nSPS) is 31.8. The molecule has 1 N–H and O–H groups in total. The van der Waals surface area contributed by atoms with Gasteiger partial charge in [0.05, 0.1) is 12.2 Å². The summed E-state index contributed by atoms with van der Waals surface area (Å²) in [7, 11) is 7.80. The van der Waals surface area contributed by atoms with Crippen molar-refractivity contribution in [2.45, 2.75) is 63.1 Å². The molecule has 9 atom stereocenters. The number of rotatable bonds is 9. The van der Waals surface area contributed by atoms with Crippen molar-refractivity contribution in [2.75, 3.05) is 0 Å². The van der Waals surface area contributed by atoms with Gasteiger partial charge in [-0.05, 0) is 49.5 Å². The summed E-state index contributed by atoms with van der Waals surface area (Å²) in [6.07, 6.45) is 5.66. The lowest BCUT2D eigenvalue weighted by Crippen LogP contribution is -2.27. The summed E-state index contributed by atoms with van der Waals surface area (Å²) in [6.45, 7) is 0. The fourth-order valence-corrected chi connectivity index (χ4v) is 5.17. The molecule has 0 spiro atoms. The molecule has 0 radical (unpaired) electrons. The van der Waals surface area contributed by atoms with Crippen LogP contribution in [0.3, 0.4) is 0 Å². The third-order valence-corrected chi connectivity index (χ3v) is 6.42. The van der Waals surface area contributed by atoms with E-state index in [0.717, 1.165) is 38.5 Å². The molecule has 1 aliphatic heterocycles. The summed E-state index contributed by atoms with van der Waals surface area (Å²) in [4.78, 5) is 0. The average molecular weight is 414 g/mol. The fourth-order valence-electron chi connectivity index (χ4n) is 4.49. The Hall–Kier alpha value is 0.415. The molecule has 1 aromatic carbocycles. The third-order valence-electron chi connectivity index (χ3n) is 5.72. The maximum Gasteiger partial charge on any atom is 0.336 e. The molecule has 8 heteroatoms. The Morgan fingerprint density at radius 2 is 1.96 bits per heavy atom. The van der Waals surface area contributed by atoms with Crippen molar-refractivity contribution in [1.29, 1.82) is 0 Å². The lowest BCUT2D eigenvalue weighted by molar-refractivity contribution is -0.0942. The summed E-state index contributed by atoms with van der Waals surface area (Å²) in [6, 6.07) is 10.5. The highest BCUT2D eigenvalue weighted by atomic mass is 31.1. The van der Waals surface area contributed by atoms with Crippen molar-refractivity contribution in [2.24, 2.45) is 11.8 Å². The SMILES string of the molecule is OC1C[C@@H]2[C@@H](CC[C@@H](CCc3ccccc3)OP)[C@H](OB(P)P)C[C@@H]2O1. The minimum Gasteiger partial charge on any atom is -0.425 e. The first kappa shape index (κ1) is 21.1. The van der Waals surface area contributed by atoms with Gasteiger partial charge in [0.2, 0.25) is 0 Å². The number of fused-ring (bicyclic) bond motifs is 1. The van der Waals surface area contributed by atoms with Crippen LogP contribution in [0.1, 0.15) is 37.7 Å². The maximum absolute atomic E-state index is 9.86. The first-order valence-corrected chi connectivity index (χ1v) is 11.3. The molecule has 2 fully saturated rings. The first-order valence-electron chi connectivity index (χ1n) is 9.46. The van der Waals surface area contributed by atoms with Crippen LogP contribution in [0, 0.1) is 11.8 Å². The molecule has 1 aliphatic carbocycles. The van der Waals surface area contributed by atoms with Crippen LogP contribution in [0.2, 0.25) is 0 Å². The quantitative estimate of drug-likeness (QED) is 0.497. The molecule has 1 aromatic rings. The van der Waals surface area contributed by atoms with Crippen LogP contribution in [0.25, 0.3) is 0 Å². The van der Waals surface area contributed by atoms with E-state index < -0.39 is 6.29 Å². The van der Waals surface area contributed by atoms with Crippen LogP contribution in [-0.4, -0.2) is 36.1 Å². The second-order valence-electron chi connectivity index (χ2n) is 7.43. The van der Waals surface area contributed by atoms with Gasteiger partial charge in [0.15, 0.2) is 6.29 Å². The maximum atomic E-state index is 9.86. The van der Waals surface area contributed by atoms with Crippen LogP contribution in [0.4, 0.5) is 0 Å². The number of benzene rings is 1. The highest BCUT2D eigenvalue weighted by Crippen LogP contribution is 2.46. The van der Waals surface area contributed by atoms with Crippen LogP contribution < -0.4 is 0 Å². The van der Waals surface area contributed by atoms with Crippen molar-refractivity contribution in [3.05, 3.63) is 35.9 Å². The molecule has 4 nitrogen and oxygen atoms in total. The highest BCUT2D eigenvalue weighted by molar-refractivity contribution is 7.92. The van der Waals surface area contributed by atoms with E-state index in [0.29, 0.717) is 11.8 Å². The van der Waals surface area contributed by atoms with Crippen molar-refractivity contribution in [3.8, 4) is 0 Å². The van der Waals surface area contributed by atoms with Crippen molar-refractivity contribution in [3.63, 3.8) is 0 Å². The summed E-state index contributed by atoms with van der Waals surface area (Å²) in [5, 5.41) is 9.86. The zero-order valence-corrected chi connectivity index (χ0v) is 18.5. The monoisotopic (exact) mass is 414 g/mol. The molecule has 1 saturated carbocycles. The van der Waals surface area contributed by atoms with Crippen molar-refractivity contribution < 1.29 is 19.0 Å². The smallest absolute Gasteiger partial charge is 0.336 e. The lowest BCUT2D eigenvalue weighted by atomic mass is 9.86. The van der Waals surface area contributed by atoms with E-state index in [1.54, 1.807) is 0 Å². The van der Waals surface area contributed by atoms with Crippen LogP contribution in [0.15, 0.2) is 30.3 Å². The number of aliphatic hydroxyl groups excluding tert-OH is 1. The molecule has 144 valence electrons. The largest absolute Gasteiger partial charge is 0.425 e. The van der Waals surface area contributed by atoms with E-state index in [1.807, 2.05) is 6.07 Å². The second-order valence-corrected chi connectivity index (χ2v) is 9.78. The molecule has 0 amide bonds. The fraction of sp³-hybridized carbons (Fsp3) is 0.667. The Morgan fingerprint density at radius 1 is 1.19 bits per heavy atom. The minimum atomic E-state index is -0.608. The second kappa shape index (κ2) is 10.3. The van der Waals surface area contributed by atoms with E-state index >= 15 is 0 Å². The van der Waals surface area contributed by atoms with Gasteiger partial charge in [-0.25, -0.2) is 0 Å². The van der Waals surface area contributed by atoms with Crippen LogP contribution in [0.5, 0.6) is 0 Å². The minimum absolute atomic E-state index is 0.0538. The van der Waals surface area contributed by atoms with Gasteiger partial charge in [-0.15, -0.1) is 18.2 Å². The van der Waals surface area contributed by atoms with E-state index in [4.69, 9.17) is 13.9 Å². The van der Waals surface area contributed by atoms with Gasteiger partial charge in [-0.3, -0.25) is 0 Å². The number of aryl methyl sites for hydroxylation is 1. The molecule has 0 aromatic heterocycles. The van der Waals surface area contributed by atoms with Crippen LogP contribution in [-0.2, 0) is 20.3 Å². The van der Waals surface area contributed by atoms with Crippen LogP contribution >= 0.6 is 27.7 Å². The Kier molecular flexibility index (Phi) is 8.34. The third kappa shape index (κ3) is 5.71. The topological polar surface area (TPSA) is 47.9 Å². The van der Waals surface area contributed by atoms with E-state index in [2.05, 4.69) is 52.0 Å². The van der Waals surface area contributed by atoms with Gasteiger partial charge in [0.1, 0.15) is 0 Å². The first-order chi connectivity index (χ1) is 12.6. The van der Waals surface area contributed by atoms with E-state index in [-0.39, 0.29) is 24.7 Å². The van der Waals surface area contributed by atoms with E-state index in [9.17, 15) is 5.11 Å². The molecule has 3 rings (SSSR count). The Morgan fingerprint density at radius 3 is 2.65 bits per heavy atom. The average Bonchev–Trinajstić information content (AvgIpc) is 3.11. The number of aliphatic hydroxyl groups is 1. The number of hydrogen-bond donors (Lipinski definition) is 1. The summed E-state index contributed by atoms with van der Waals surface area (Å²) < 4.78 is 17.5. The van der Waals surface area contributed by atoms with Crippen molar-refractivity contribution in [1.82, 2.24) is 0 Å². The summed E-state index contributed by atoms with van der Waals surface area (Å²) in [5.41, 5.74) is 1.35. The molecule has 1 heterocycles. The van der Waals surface area contributed by atoms with Gasteiger partial charge >= 0.3 is 6.35 Å². The predicted molar refractivity (Wildman–Crippen MR) is 116 cm³/mol. The number of ether oxygens (including phenoxy) is 1. The molecule has 26 heavy (non-hydrogen) atoms. The Balaban J connectivity index is 1.54. The zero-order chi connectivity index (χ0) is 18.5. The Bertz CT molecular complexity index is 550. The predicted octanol–water partition coefficient (Wildman–Crippen LogP) is 3.44. The molecule has 0 bridgehead atoms. The van der Waals surface area contributed by atoms with E-state index in [1.165, 1.54) is 5.56 Å². The van der Waals surface area contributed by atoms with Crippen molar-refractivity contribution >= 4 is 34.1 Å². The molecule has 1 saturated heterocycles.